The average Bonchev–Trinajstić information content (AvgIpc) is 3.70. The van der Waals surface area contributed by atoms with E-state index < -0.39 is 0 Å². The van der Waals surface area contributed by atoms with E-state index in [1.54, 1.807) is 37.5 Å². The van der Waals surface area contributed by atoms with Gasteiger partial charge in [-0.15, -0.1) is 11.8 Å². The number of ether oxygens (including phenoxy) is 2. The number of fused-ring (bicyclic) bond motifs is 1. The predicted molar refractivity (Wildman–Crippen MR) is 175 cm³/mol. The molecule has 5 aromatic rings. The van der Waals surface area contributed by atoms with Crippen LogP contribution in [0, 0.1) is 13.8 Å². The summed E-state index contributed by atoms with van der Waals surface area (Å²) < 4.78 is 18.4. The normalized spacial score (nSPS) is 14.5. The van der Waals surface area contributed by atoms with Gasteiger partial charge in [0.05, 0.1) is 49.4 Å². The maximum atomic E-state index is 14.0. The molecule has 6 rings (SSSR count). The highest BCUT2D eigenvalue weighted by atomic mass is 32.2. The first-order valence-electron chi connectivity index (χ1n) is 14.6. The summed E-state index contributed by atoms with van der Waals surface area (Å²) >= 11 is 1.50. The minimum atomic E-state index is -0.311. The van der Waals surface area contributed by atoms with Gasteiger partial charge in [0.1, 0.15) is 18.1 Å². The van der Waals surface area contributed by atoms with E-state index in [1.807, 2.05) is 85.3 Å². The van der Waals surface area contributed by atoms with Gasteiger partial charge in [-0.25, -0.2) is 4.68 Å². The zero-order valence-corrected chi connectivity index (χ0v) is 26.4. The van der Waals surface area contributed by atoms with E-state index >= 15 is 0 Å². The second-order valence-electron chi connectivity index (χ2n) is 10.7. The molecule has 0 spiro atoms. The summed E-state index contributed by atoms with van der Waals surface area (Å²) in [6, 6.07) is 25.3. The fourth-order valence-electron chi connectivity index (χ4n) is 5.54. The van der Waals surface area contributed by atoms with Crippen LogP contribution in [0.25, 0.3) is 16.9 Å². The fourth-order valence-corrected chi connectivity index (χ4v) is 6.73. The van der Waals surface area contributed by atoms with E-state index in [9.17, 15) is 9.59 Å². The number of thioether (sulfide) groups is 1. The summed E-state index contributed by atoms with van der Waals surface area (Å²) in [5, 5.41) is 7.80. The monoisotopic (exact) mass is 622 g/mol. The molecule has 3 heterocycles. The number of rotatable bonds is 9. The zero-order chi connectivity index (χ0) is 31.5. The number of benzene rings is 3. The summed E-state index contributed by atoms with van der Waals surface area (Å²) in [7, 11) is 3.21. The van der Waals surface area contributed by atoms with Gasteiger partial charge in [-0.05, 0) is 60.9 Å². The number of carbonyl (C=O) groups is 2. The van der Waals surface area contributed by atoms with Crippen LogP contribution in [0.5, 0.6) is 11.5 Å². The van der Waals surface area contributed by atoms with Crippen molar-refractivity contribution in [1.29, 1.82) is 0 Å². The van der Waals surface area contributed by atoms with Gasteiger partial charge >= 0.3 is 0 Å². The van der Waals surface area contributed by atoms with Crippen LogP contribution in [0.15, 0.2) is 89.5 Å². The molecule has 0 unspecified atom stereocenters. The molecule has 0 saturated carbocycles. The summed E-state index contributed by atoms with van der Waals surface area (Å²) in [5.41, 5.74) is 6.34. The zero-order valence-electron chi connectivity index (χ0n) is 25.6. The number of furan rings is 1. The van der Waals surface area contributed by atoms with Crippen molar-refractivity contribution < 1.29 is 23.5 Å². The van der Waals surface area contributed by atoms with Crippen LogP contribution < -0.4 is 19.7 Å². The Morgan fingerprint density at radius 1 is 1.00 bits per heavy atom. The van der Waals surface area contributed by atoms with Gasteiger partial charge in [-0.3, -0.25) is 14.5 Å². The Hall–Kier alpha value is -4.96. The Balaban J connectivity index is 1.57. The third-order valence-corrected chi connectivity index (χ3v) is 9.25. The molecule has 2 aromatic heterocycles. The first-order valence-corrected chi connectivity index (χ1v) is 15.6. The third kappa shape index (κ3) is 5.93. The molecule has 0 bridgehead atoms. The molecule has 1 atom stereocenters. The quantitative estimate of drug-likeness (QED) is 0.207. The topological polar surface area (TPSA) is 98.8 Å². The van der Waals surface area contributed by atoms with E-state index in [-0.39, 0.29) is 35.9 Å². The number of methoxy groups -OCH3 is 2. The third-order valence-electron chi connectivity index (χ3n) is 7.99. The second-order valence-corrected chi connectivity index (χ2v) is 11.8. The summed E-state index contributed by atoms with van der Waals surface area (Å²) in [4.78, 5) is 29.0. The van der Waals surface area contributed by atoms with Crippen molar-refractivity contribution in [3.63, 3.8) is 0 Å². The Labute approximate surface area is 266 Å². The van der Waals surface area contributed by atoms with Gasteiger partial charge in [-0.1, -0.05) is 48.5 Å². The van der Waals surface area contributed by atoms with E-state index in [0.717, 1.165) is 39.2 Å². The van der Waals surface area contributed by atoms with Crippen LogP contribution >= 0.6 is 11.8 Å². The van der Waals surface area contributed by atoms with Gasteiger partial charge < -0.3 is 19.2 Å². The lowest BCUT2D eigenvalue weighted by Crippen LogP contribution is -2.42. The van der Waals surface area contributed by atoms with Crippen molar-refractivity contribution in [3.05, 3.63) is 113 Å². The summed E-state index contributed by atoms with van der Waals surface area (Å²) in [6.07, 6.45) is 1.56. The molecular formula is C35H34N4O5S. The van der Waals surface area contributed by atoms with Gasteiger partial charge in [0.15, 0.2) is 11.5 Å². The molecule has 2 amide bonds. The fraction of sp³-hybridized carbons (Fsp3) is 0.229. The Morgan fingerprint density at radius 2 is 1.80 bits per heavy atom. The SMILES string of the molecule is COc1ccc([C@H]2SCC(=O)N(CC(=O)NCc3ccco3)c3c2c(-c2ccccc2)nn3-c2cccc(C)c2C)cc1OC. The molecule has 10 heteroatoms. The lowest BCUT2D eigenvalue weighted by Gasteiger charge is -2.24. The number of carbonyl (C=O) groups excluding carboxylic acids is 2. The standard InChI is InChI=1S/C35H34N4O5S/c1-22-10-8-14-27(23(22)2)39-35-32(33(37-39)24-11-6-5-7-12-24)34(25-15-16-28(42-3)29(18-25)43-4)45-21-31(41)38(35)20-30(40)36-19-26-13-9-17-44-26/h5-18,34H,19-21H2,1-4H3,(H,36,40)/t34-/m1/s1. The van der Waals surface area contributed by atoms with Gasteiger partial charge in [0.2, 0.25) is 11.8 Å². The smallest absolute Gasteiger partial charge is 0.240 e. The Morgan fingerprint density at radius 3 is 2.53 bits per heavy atom. The van der Waals surface area contributed by atoms with Crippen LogP contribution in [0.3, 0.4) is 0 Å². The molecular weight excluding hydrogens is 588 g/mol. The predicted octanol–water partition coefficient (Wildman–Crippen LogP) is 6.25. The molecule has 1 aliphatic rings. The van der Waals surface area contributed by atoms with Crippen LogP contribution in [0.4, 0.5) is 5.82 Å². The summed E-state index contributed by atoms with van der Waals surface area (Å²) in [5.74, 6) is 2.04. The maximum absolute atomic E-state index is 14.0. The molecule has 9 nitrogen and oxygen atoms in total. The molecule has 0 aliphatic carbocycles. The van der Waals surface area contributed by atoms with Crippen molar-refractivity contribution in [3.8, 4) is 28.4 Å². The number of aryl methyl sites for hydroxylation is 1. The molecule has 0 fully saturated rings. The Kier molecular flexibility index (Phi) is 8.66. The van der Waals surface area contributed by atoms with Crippen LogP contribution in [-0.2, 0) is 16.1 Å². The van der Waals surface area contributed by atoms with Crippen molar-refractivity contribution in [2.24, 2.45) is 0 Å². The number of aromatic nitrogens is 2. The first kappa shape index (κ1) is 30.1. The first-order chi connectivity index (χ1) is 21.9. The molecule has 45 heavy (non-hydrogen) atoms. The minimum absolute atomic E-state index is 0.153. The molecule has 230 valence electrons. The minimum Gasteiger partial charge on any atom is -0.493 e. The molecule has 0 saturated heterocycles. The van der Waals surface area contributed by atoms with Gasteiger partial charge in [0, 0.05) is 11.1 Å². The van der Waals surface area contributed by atoms with E-state index in [0.29, 0.717) is 23.1 Å². The van der Waals surface area contributed by atoms with E-state index in [1.165, 1.54) is 11.8 Å². The van der Waals surface area contributed by atoms with Crippen molar-refractivity contribution in [2.75, 3.05) is 31.4 Å². The van der Waals surface area contributed by atoms with Crippen LogP contribution in [-0.4, -0.2) is 48.1 Å². The van der Waals surface area contributed by atoms with Gasteiger partial charge in [-0.2, -0.15) is 5.10 Å². The lowest BCUT2D eigenvalue weighted by molar-refractivity contribution is -0.123. The Bertz CT molecular complexity index is 1830. The number of hydrogen-bond donors (Lipinski definition) is 1. The van der Waals surface area contributed by atoms with Crippen LogP contribution in [0.2, 0.25) is 0 Å². The molecule has 1 N–H and O–H groups in total. The highest BCUT2D eigenvalue weighted by Crippen LogP contribution is 2.49. The highest BCUT2D eigenvalue weighted by Gasteiger charge is 2.38. The van der Waals surface area contributed by atoms with Gasteiger partial charge in [0.25, 0.3) is 0 Å². The molecule has 0 radical (unpaired) electrons. The van der Waals surface area contributed by atoms with Crippen LogP contribution in [0.1, 0.15) is 33.3 Å². The number of nitrogens with zero attached hydrogens (tertiary/aromatic N) is 3. The molecule has 3 aromatic carbocycles. The molecule has 1 aliphatic heterocycles. The van der Waals surface area contributed by atoms with Crippen molar-refractivity contribution in [2.45, 2.75) is 25.6 Å². The van der Waals surface area contributed by atoms with Crippen molar-refractivity contribution in [1.82, 2.24) is 15.1 Å². The highest BCUT2D eigenvalue weighted by molar-refractivity contribution is 8.00. The number of nitrogens with one attached hydrogen (secondary N) is 1. The van der Waals surface area contributed by atoms with E-state index in [4.69, 9.17) is 19.0 Å². The maximum Gasteiger partial charge on any atom is 0.240 e. The lowest BCUT2D eigenvalue weighted by atomic mass is 9.99. The largest absolute Gasteiger partial charge is 0.493 e. The summed E-state index contributed by atoms with van der Waals surface area (Å²) in [6.45, 7) is 4.12. The second kappa shape index (κ2) is 13.0. The number of anilines is 1. The average molecular weight is 623 g/mol. The number of amides is 2. The number of hydrogen-bond acceptors (Lipinski definition) is 7. The van der Waals surface area contributed by atoms with E-state index in [2.05, 4.69) is 5.32 Å². The van der Waals surface area contributed by atoms with Crippen molar-refractivity contribution >= 4 is 29.4 Å².